The molecule has 0 N–H and O–H groups in total. The summed E-state index contributed by atoms with van der Waals surface area (Å²) in [6.45, 7) is 0. The van der Waals surface area contributed by atoms with E-state index in [4.69, 9.17) is 19.9 Å². The summed E-state index contributed by atoms with van der Waals surface area (Å²) in [4.78, 5) is 20.4. The van der Waals surface area contributed by atoms with Crippen LogP contribution in [0.15, 0.2) is 170 Å². The molecular formula is C44H28N4. The zero-order valence-electron chi connectivity index (χ0n) is 26.0. The molecule has 48 heavy (non-hydrogen) atoms. The minimum Gasteiger partial charge on any atom is -0.245 e. The lowest BCUT2D eigenvalue weighted by Crippen LogP contribution is -1.96. The Balaban J connectivity index is 1.16. The lowest BCUT2D eigenvalue weighted by Gasteiger charge is -2.13. The maximum absolute atomic E-state index is 5.23. The van der Waals surface area contributed by atoms with E-state index in [1.165, 1.54) is 11.1 Å². The van der Waals surface area contributed by atoms with Gasteiger partial charge >= 0.3 is 0 Å². The molecule has 0 saturated carbocycles. The van der Waals surface area contributed by atoms with Gasteiger partial charge in [0.05, 0.1) is 33.6 Å². The van der Waals surface area contributed by atoms with Crippen molar-refractivity contribution in [2.24, 2.45) is 0 Å². The zero-order chi connectivity index (χ0) is 31.9. The van der Waals surface area contributed by atoms with Gasteiger partial charge in [-0.1, -0.05) is 152 Å². The first-order valence-electron chi connectivity index (χ1n) is 16.1. The lowest BCUT2D eigenvalue weighted by atomic mass is 9.95. The molecule has 0 saturated heterocycles. The first kappa shape index (κ1) is 27.8. The molecule has 0 amide bonds. The Morgan fingerprint density at radius 2 is 0.854 bits per heavy atom. The number of nitrogens with zero attached hydrogens (tertiary/aromatic N) is 4. The van der Waals surface area contributed by atoms with E-state index in [0.717, 1.165) is 72.0 Å². The van der Waals surface area contributed by atoms with E-state index >= 15 is 0 Å². The van der Waals surface area contributed by atoms with Gasteiger partial charge < -0.3 is 0 Å². The maximum atomic E-state index is 5.23. The molecule has 0 bridgehead atoms. The topological polar surface area (TPSA) is 51.6 Å². The molecule has 4 nitrogen and oxygen atoms in total. The highest BCUT2D eigenvalue weighted by atomic mass is 14.9. The second-order valence-corrected chi connectivity index (χ2v) is 11.9. The molecule has 3 aromatic heterocycles. The molecule has 9 rings (SSSR count). The summed E-state index contributed by atoms with van der Waals surface area (Å²) in [5.41, 5.74) is 11.9. The van der Waals surface area contributed by atoms with Gasteiger partial charge in [-0.3, -0.25) is 0 Å². The van der Waals surface area contributed by atoms with Gasteiger partial charge in [0.2, 0.25) is 0 Å². The summed E-state index contributed by atoms with van der Waals surface area (Å²) in [5.74, 6) is 0.684. The van der Waals surface area contributed by atoms with Crippen molar-refractivity contribution in [3.63, 3.8) is 0 Å². The fourth-order valence-electron chi connectivity index (χ4n) is 6.49. The van der Waals surface area contributed by atoms with Crippen molar-refractivity contribution in [2.75, 3.05) is 0 Å². The van der Waals surface area contributed by atoms with Crippen LogP contribution >= 0.6 is 0 Å². The van der Waals surface area contributed by atoms with Crippen LogP contribution in [0.4, 0.5) is 0 Å². The van der Waals surface area contributed by atoms with Crippen LogP contribution in [0.5, 0.6) is 0 Å². The van der Waals surface area contributed by atoms with E-state index in [2.05, 4.69) is 127 Å². The summed E-state index contributed by atoms with van der Waals surface area (Å²) in [6, 6.07) is 58.4. The first-order valence-corrected chi connectivity index (χ1v) is 16.1. The Morgan fingerprint density at radius 3 is 1.52 bits per heavy atom. The van der Waals surface area contributed by atoms with Crippen LogP contribution in [0, 0.1) is 0 Å². The van der Waals surface area contributed by atoms with Crippen molar-refractivity contribution in [3.05, 3.63) is 170 Å². The van der Waals surface area contributed by atoms with Gasteiger partial charge in [-0.25, -0.2) is 19.9 Å². The fourth-order valence-corrected chi connectivity index (χ4v) is 6.49. The van der Waals surface area contributed by atoms with Crippen LogP contribution in [0.2, 0.25) is 0 Å². The summed E-state index contributed by atoms with van der Waals surface area (Å²) in [6.07, 6.45) is 0. The number of aromatic nitrogens is 4. The number of fused-ring (bicyclic) bond motifs is 4. The van der Waals surface area contributed by atoms with E-state index in [9.17, 15) is 0 Å². The highest BCUT2D eigenvalue weighted by Gasteiger charge is 2.15. The Morgan fingerprint density at radius 1 is 0.312 bits per heavy atom. The number of pyridine rings is 2. The van der Waals surface area contributed by atoms with Crippen molar-refractivity contribution < 1.29 is 0 Å². The van der Waals surface area contributed by atoms with Gasteiger partial charge in [-0.15, -0.1) is 0 Å². The maximum Gasteiger partial charge on any atom is 0.160 e. The molecule has 0 atom stereocenters. The van der Waals surface area contributed by atoms with E-state index in [-0.39, 0.29) is 0 Å². The molecule has 0 spiro atoms. The fraction of sp³-hybridized carbons (Fsp3) is 0. The van der Waals surface area contributed by atoms with Crippen LogP contribution in [-0.4, -0.2) is 19.9 Å². The molecule has 6 aromatic carbocycles. The van der Waals surface area contributed by atoms with E-state index in [0.29, 0.717) is 5.82 Å². The zero-order valence-corrected chi connectivity index (χ0v) is 26.0. The van der Waals surface area contributed by atoms with Crippen LogP contribution in [0.3, 0.4) is 0 Å². The van der Waals surface area contributed by atoms with Gasteiger partial charge in [0.15, 0.2) is 5.82 Å². The predicted octanol–water partition coefficient (Wildman–Crippen LogP) is 11.1. The van der Waals surface area contributed by atoms with Crippen molar-refractivity contribution in [3.8, 4) is 56.3 Å². The van der Waals surface area contributed by atoms with Crippen LogP contribution < -0.4 is 0 Å². The average molecular weight is 613 g/mol. The second-order valence-electron chi connectivity index (χ2n) is 11.9. The standard InChI is InChI=1S/C44H28N4/c1-4-12-29(13-5-1)39-28-40(30-14-6-2-7-15-30)48-44(47-39)34-22-20-31(21-23-34)37-27-25-33-24-26-36-41(32-16-8-3-9-17-32)35-18-10-11-19-38(35)46-43(36)42(33)45-37/h1-28H. The number of benzene rings is 6. The molecule has 4 heteroatoms. The summed E-state index contributed by atoms with van der Waals surface area (Å²) in [7, 11) is 0. The molecule has 0 aliphatic heterocycles. The minimum atomic E-state index is 0.684. The Hall–Kier alpha value is -6.52. The quantitative estimate of drug-likeness (QED) is 0.143. The number of hydrogen-bond acceptors (Lipinski definition) is 4. The van der Waals surface area contributed by atoms with E-state index in [1.54, 1.807) is 0 Å². The van der Waals surface area contributed by atoms with Gasteiger partial charge in [0.1, 0.15) is 0 Å². The van der Waals surface area contributed by atoms with Crippen molar-refractivity contribution >= 4 is 32.7 Å². The molecule has 0 radical (unpaired) electrons. The second kappa shape index (κ2) is 11.7. The number of rotatable bonds is 5. The summed E-state index contributed by atoms with van der Waals surface area (Å²) in [5, 5.41) is 3.29. The predicted molar refractivity (Wildman–Crippen MR) is 197 cm³/mol. The Bertz CT molecular complexity index is 2520. The van der Waals surface area contributed by atoms with Crippen LogP contribution in [-0.2, 0) is 0 Å². The van der Waals surface area contributed by atoms with Gasteiger partial charge in [0, 0.05) is 44.0 Å². The minimum absolute atomic E-state index is 0.684. The molecule has 224 valence electrons. The first-order chi connectivity index (χ1) is 23.8. The average Bonchev–Trinajstić information content (AvgIpc) is 3.17. The normalized spacial score (nSPS) is 11.3. The third-order valence-electron chi connectivity index (χ3n) is 8.88. The molecule has 0 unspecified atom stereocenters. The monoisotopic (exact) mass is 612 g/mol. The SMILES string of the molecule is c1ccc(-c2cc(-c3ccccc3)nc(-c3ccc(-c4ccc5ccc6c(-c7ccccc7)c7ccccc7nc6c5n4)cc3)n2)cc1. The third kappa shape index (κ3) is 4.97. The number of para-hydroxylation sites is 1. The highest BCUT2D eigenvalue weighted by molar-refractivity contribution is 6.16. The number of hydrogen-bond donors (Lipinski definition) is 0. The molecule has 3 heterocycles. The molecule has 0 aliphatic rings. The largest absolute Gasteiger partial charge is 0.245 e. The highest BCUT2D eigenvalue weighted by Crippen LogP contribution is 2.38. The van der Waals surface area contributed by atoms with E-state index in [1.807, 2.05) is 42.5 Å². The summed E-state index contributed by atoms with van der Waals surface area (Å²) >= 11 is 0. The van der Waals surface area contributed by atoms with Crippen molar-refractivity contribution in [1.29, 1.82) is 0 Å². The molecule has 9 aromatic rings. The van der Waals surface area contributed by atoms with Gasteiger partial charge in [0.25, 0.3) is 0 Å². The van der Waals surface area contributed by atoms with Gasteiger partial charge in [-0.05, 0) is 23.8 Å². The van der Waals surface area contributed by atoms with Crippen LogP contribution in [0.1, 0.15) is 0 Å². The van der Waals surface area contributed by atoms with Crippen LogP contribution in [0.25, 0.3) is 89.0 Å². The Labute approximate surface area is 278 Å². The lowest BCUT2D eigenvalue weighted by molar-refractivity contribution is 1.18. The molecule has 0 fully saturated rings. The van der Waals surface area contributed by atoms with E-state index < -0.39 is 0 Å². The summed E-state index contributed by atoms with van der Waals surface area (Å²) < 4.78 is 0. The smallest absolute Gasteiger partial charge is 0.160 e. The van der Waals surface area contributed by atoms with Gasteiger partial charge in [-0.2, -0.15) is 0 Å². The van der Waals surface area contributed by atoms with Crippen molar-refractivity contribution in [1.82, 2.24) is 19.9 Å². The molecular weight excluding hydrogens is 585 g/mol. The Kier molecular flexibility index (Phi) is 6.76. The van der Waals surface area contributed by atoms with Crippen molar-refractivity contribution in [2.45, 2.75) is 0 Å². The third-order valence-corrected chi connectivity index (χ3v) is 8.88. The molecule has 0 aliphatic carbocycles.